The number of pyridine rings is 1. The van der Waals surface area contributed by atoms with E-state index in [1.165, 1.54) is 6.20 Å². The average Bonchev–Trinajstić information content (AvgIpc) is 2.70. The van der Waals surface area contributed by atoms with Gasteiger partial charge in [0.25, 0.3) is 0 Å². The molecule has 0 aliphatic heterocycles. The van der Waals surface area contributed by atoms with Crippen molar-refractivity contribution in [1.82, 2.24) is 14.8 Å². The standard InChI is InChI=1S/C12H12ClN3O/c1-3-16-11(9(13)7-15-16)12(17)10-8(2)5-4-6-14-10/h4-7H,3H2,1-2H3. The van der Waals surface area contributed by atoms with Gasteiger partial charge >= 0.3 is 0 Å². The first-order valence-electron chi connectivity index (χ1n) is 5.32. The fourth-order valence-electron chi connectivity index (χ4n) is 1.66. The molecular weight excluding hydrogens is 238 g/mol. The summed E-state index contributed by atoms with van der Waals surface area (Å²) in [5.74, 6) is -0.188. The molecule has 2 rings (SSSR count). The van der Waals surface area contributed by atoms with Crippen molar-refractivity contribution in [1.29, 1.82) is 0 Å². The SMILES string of the molecule is CCn1ncc(Cl)c1C(=O)c1ncccc1C. The van der Waals surface area contributed by atoms with Crippen LogP contribution in [0.25, 0.3) is 0 Å². The summed E-state index contributed by atoms with van der Waals surface area (Å²) in [6.45, 7) is 4.35. The summed E-state index contributed by atoms with van der Waals surface area (Å²) in [7, 11) is 0. The Balaban J connectivity index is 2.51. The predicted molar refractivity (Wildman–Crippen MR) is 65.3 cm³/mol. The Hall–Kier alpha value is -1.68. The highest BCUT2D eigenvalue weighted by molar-refractivity contribution is 6.34. The van der Waals surface area contributed by atoms with Crippen LogP contribution >= 0.6 is 11.6 Å². The van der Waals surface area contributed by atoms with Crippen molar-refractivity contribution in [2.75, 3.05) is 0 Å². The monoisotopic (exact) mass is 249 g/mol. The lowest BCUT2D eigenvalue weighted by Crippen LogP contribution is -2.13. The van der Waals surface area contributed by atoms with Crippen molar-refractivity contribution < 1.29 is 4.79 Å². The van der Waals surface area contributed by atoms with Gasteiger partial charge < -0.3 is 0 Å². The second kappa shape index (κ2) is 4.67. The number of ketones is 1. The highest BCUT2D eigenvalue weighted by atomic mass is 35.5. The summed E-state index contributed by atoms with van der Waals surface area (Å²) in [4.78, 5) is 16.4. The van der Waals surface area contributed by atoms with Crippen molar-refractivity contribution in [3.63, 3.8) is 0 Å². The quantitative estimate of drug-likeness (QED) is 0.786. The molecule has 0 N–H and O–H groups in total. The lowest BCUT2D eigenvalue weighted by molar-refractivity contribution is 0.102. The van der Waals surface area contributed by atoms with Gasteiger partial charge in [0.05, 0.1) is 11.2 Å². The minimum Gasteiger partial charge on any atom is -0.285 e. The molecule has 0 spiro atoms. The van der Waals surface area contributed by atoms with E-state index >= 15 is 0 Å². The molecule has 5 heteroatoms. The molecule has 0 atom stereocenters. The van der Waals surface area contributed by atoms with E-state index in [2.05, 4.69) is 10.1 Å². The molecule has 0 aromatic carbocycles. The number of hydrogen-bond donors (Lipinski definition) is 0. The minimum atomic E-state index is -0.188. The van der Waals surface area contributed by atoms with Crippen molar-refractivity contribution in [2.45, 2.75) is 20.4 Å². The summed E-state index contributed by atoms with van der Waals surface area (Å²) in [5.41, 5.74) is 1.65. The number of halogens is 1. The van der Waals surface area contributed by atoms with Gasteiger partial charge in [-0.15, -0.1) is 0 Å². The normalized spacial score (nSPS) is 10.5. The Morgan fingerprint density at radius 2 is 2.29 bits per heavy atom. The van der Waals surface area contributed by atoms with Crippen LogP contribution in [0.15, 0.2) is 24.5 Å². The summed E-state index contributed by atoms with van der Waals surface area (Å²) in [6, 6.07) is 3.64. The molecule has 17 heavy (non-hydrogen) atoms. The molecule has 88 valence electrons. The van der Waals surface area contributed by atoms with Crippen LogP contribution < -0.4 is 0 Å². The zero-order chi connectivity index (χ0) is 12.4. The summed E-state index contributed by atoms with van der Waals surface area (Å²) in [5, 5.41) is 4.41. The van der Waals surface area contributed by atoms with Crippen molar-refractivity contribution in [2.24, 2.45) is 0 Å². The maximum atomic E-state index is 12.3. The Labute approximate surface area is 104 Å². The van der Waals surface area contributed by atoms with E-state index in [1.807, 2.05) is 19.9 Å². The van der Waals surface area contributed by atoms with Gasteiger partial charge in [0, 0.05) is 12.7 Å². The van der Waals surface area contributed by atoms with E-state index in [4.69, 9.17) is 11.6 Å². The van der Waals surface area contributed by atoms with Crippen LogP contribution in [0.2, 0.25) is 5.02 Å². The van der Waals surface area contributed by atoms with Crippen LogP contribution in [-0.2, 0) is 6.54 Å². The van der Waals surface area contributed by atoms with Crippen LogP contribution in [-0.4, -0.2) is 20.5 Å². The lowest BCUT2D eigenvalue weighted by atomic mass is 10.1. The number of aromatic nitrogens is 3. The van der Waals surface area contributed by atoms with Gasteiger partial charge in [-0.2, -0.15) is 5.10 Å². The topological polar surface area (TPSA) is 47.8 Å². The Morgan fingerprint density at radius 1 is 1.53 bits per heavy atom. The number of aryl methyl sites for hydroxylation is 2. The molecule has 0 radical (unpaired) electrons. The van der Waals surface area contributed by atoms with Crippen LogP contribution in [0.1, 0.15) is 28.7 Å². The Bertz CT molecular complexity index is 563. The summed E-state index contributed by atoms with van der Waals surface area (Å²) in [6.07, 6.45) is 3.08. The third-order valence-electron chi connectivity index (χ3n) is 2.53. The van der Waals surface area contributed by atoms with E-state index in [1.54, 1.807) is 16.9 Å². The molecule has 2 aromatic rings. The second-order valence-electron chi connectivity index (χ2n) is 3.65. The van der Waals surface area contributed by atoms with Gasteiger partial charge in [-0.25, -0.2) is 0 Å². The fraction of sp³-hybridized carbons (Fsp3) is 0.250. The van der Waals surface area contributed by atoms with Crippen molar-refractivity contribution in [3.05, 3.63) is 46.5 Å². The maximum absolute atomic E-state index is 12.3. The highest BCUT2D eigenvalue weighted by Gasteiger charge is 2.20. The summed E-state index contributed by atoms with van der Waals surface area (Å²) >= 11 is 5.99. The Morgan fingerprint density at radius 3 is 2.94 bits per heavy atom. The molecule has 2 heterocycles. The summed E-state index contributed by atoms with van der Waals surface area (Å²) < 4.78 is 1.58. The molecule has 2 aromatic heterocycles. The molecule has 4 nitrogen and oxygen atoms in total. The lowest BCUT2D eigenvalue weighted by Gasteiger charge is -2.06. The Kier molecular flexibility index (Phi) is 3.24. The third kappa shape index (κ3) is 2.08. The predicted octanol–water partition coefficient (Wildman–Crippen LogP) is 2.49. The maximum Gasteiger partial charge on any atom is 0.231 e. The van der Waals surface area contributed by atoms with Crippen LogP contribution in [0.5, 0.6) is 0 Å². The first-order valence-corrected chi connectivity index (χ1v) is 5.70. The van der Waals surface area contributed by atoms with Crippen molar-refractivity contribution in [3.8, 4) is 0 Å². The zero-order valence-electron chi connectivity index (χ0n) is 9.64. The van der Waals surface area contributed by atoms with Gasteiger partial charge in [0.2, 0.25) is 5.78 Å². The number of hydrogen-bond acceptors (Lipinski definition) is 3. The van der Waals surface area contributed by atoms with Gasteiger partial charge in [-0.1, -0.05) is 17.7 Å². The van der Waals surface area contributed by atoms with E-state index < -0.39 is 0 Å². The number of nitrogens with zero attached hydrogens (tertiary/aromatic N) is 3. The van der Waals surface area contributed by atoms with E-state index in [0.29, 0.717) is 23.0 Å². The molecule has 0 bridgehead atoms. The first-order chi connectivity index (χ1) is 8.15. The van der Waals surface area contributed by atoms with E-state index in [0.717, 1.165) is 5.56 Å². The van der Waals surface area contributed by atoms with Gasteiger partial charge in [0.15, 0.2) is 0 Å². The average molecular weight is 250 g/mol. The molecule has 0 amide bonds. The van der Waals surface area contributed by atoms with Gasteiger partial charge in [0.1, 0.15) is 11.4 Å². The van der Waals surface area contributed by atoms with Gasteiger partial charge in [-0.05, 0) is 25.5 Å². The van der Waals surface area contributed by atoms with E-state index in [9.17, 15) is 4.79 Å². The molecule has 0 saturated heterocycles. The third-order valence-corrected chi connectivity index (χ3v) is 2.81. The highest BCUT2D eigenvalue weighted by Crippen LogP contribution is 2.19. The van der Waals surface area contributed by atoms with Crippen LogP contribution in [0.4, 0.5) is 0 Å². The molecule has 0 saturated carbocycles. The molecular formula is C12H12ClN3O. The van der Waals surface area contributed by atoms with Crippen LogP contribution in [0, 0.1) is 6.92 Å². The second-order valence-corrected chi connectivity index (χ2v) is 4.06. The molecule has 0 fully saturated rings. The largest absolute Gasteiger partial charge is 0.285 e. The van der Waals surface area contributed by atoms with Crippen LogP contribution in [0.3, 0.4) is 0 Å². The molecule has 0 aliphatic carbocycles. The first kappa shape index (κ1) is 11.8. The smallest absolute Gasteiger partial charge is 0.231 e. The minimum absolute atomic E-state index is 0.188. The van der Waals surface area contributed by atoms with Gasteiger partial charge in [-0.3, -0.25) is 14.5 Å². The van der Waals surface area contributed by atoms with Crippen molar-refractivity contribution >= 4 is 17.4 Å². The zero-order valence-corrected chi connectivity index (χ0v) is 10.4. The fourth-order valence-corrected chi connectivity index (χ4v) is 1.89. The number of rotatable bonds is 3. The molecule has 0 unspecified atom stereocenters. The van der Waals surface area contributed by atoms with E-state index in [-0.39, 0.29) is 5.78 Å². The number of carbonyl (C=O) groups excluding carboxylic acids is 1. The number of carbonyl (C=O) groups is 1. The molecule has 0 aliphatic rings.